The molecular formula is C18H16BrClN6O2S. The summed E-state index contributed by atoms with van der Waals surface area (Å²) in [5, 5.41) is 14.1. The fourth-order valence-electron chi connectivity index (χ4n) is 2.32. The molecule has 8 nitrogen and oxygen atoms in total. The minimum absolute atomic E-state index is 0.0279. The Morgan fingerprint density at radius 2 is 1.83 bits per heavy atom. The lowest BCUT2D eigenvalue weighted by atomic mass is 10.2. The van der Waals surface area contributed by atoms with Gasteiger partial charge in [-0.3, -0.25) is 9.59 Å². The van der Waals surface area contributed by atoms with Crippen molar-refractivity contribution in [2.75, 3.05) is 23.5 Å². The fourth-order valence-corrected chi connectivity index (χ4v) is 3.61. The molecule has 1 heterocycles. The Labute approximate surface area is 184 Å². The van der Waals surface area contributed by atoms with E-state index in [4.69, 9.17) is 17.4 Å². The van der Waals surface area contributed by atoms with Crippen LogP contribution in [-0.4, -0.2) is 39.0 Å². The van der Waals surface area contributed by atoms with Gasteiger partial charge in [0.2, 0.25) is 17.0 Å². The molecule has 2 amide bonds. The van der Waals surface area contributed by atoms with E-state index < -0.39 is 0 Å². The third kappa shape index (κ3) is 5.49. The van der Waals surface area contributed by atoms with Crippen molar-refractivity contribution in [3.63, 3.8) is 0 Å². The van der Waals surface area contributed by atoms with Gasteiger partial charge in [0, 0.05) is 10.0 Å². The first kappa shape index (κ1) is 21.2. The molecule has 3 aromatic rings. The molecule has 0 fully saturated rings. The van der Waals surface area contributed by atoms with Crippen molar-refractivity contribution >= 4 is 56.8 Å². The van der Waals surface area contributed by atoms with Crippen LogP contribution in [0.5, 0.6) is 0 Å². The van der Waals surface area contributed by atoms with E-state index in [1.54, 1.807) is 30.3 Å². The largest absolute Gasteiger partial charge is 0.346 e. The second-order valence-electron chi connectivity index (χ2n) is 5.75. The molecule has 0 aliphatic heterocycles. The number of nitrogens with zero attached hydrogens (tertiary/aromatic N) is 3. The molecule has 3 rings (SSSR count). The highest BCUT2D eigenvalue weighted by atomic mass is 79.9. The molecule has 0 aliphatic rings. The number of aromatic nitrogens is 3. The first-order valence-corrected chi connectivity index (χ1v) is 10.5. The van der Waals surface area contributed by atoms with E-state index in [2.05, 4.69) is 36.8 Å². The predicted octanol–water partition coefficient (Wildman–Crippen LogP) is 2.92. The van der Waals surface area contributed by atoms with Gasteiger partial charge in [-0.2, -0.15) is 0 Å². The minimum atomic E-state index is -0.335. The number of nitrogens with one attached hydrogen (secondary N) is 2. The molecule has 0 saturated carbocycles. The zero-order valence-corrected chi connectivity index (χ0v) is 18.1. The van der Waals surface area contributed by atoms with E-state index >= 15 is 0 Å². The van der Waals surface area contributed by atoms with E-state index in [9.17, 15) is 9.59 Å². The first-order valence-electron chi connectivity index (χ1n) is 8.35. The lowest BCUT2D eigenvalue weighted by Gasteiger charge is -2.08. The van der Waals surface area contributed by atoms with Gasteiger partial charge in [-0.15, -0.1) is 10.2 Å². The molecule has 0 unspecified atom stereocenters. The number of para-hydroxylation sites is 1. The van der Waals surface area contributed by atoms with Crippen molar-refractivity contribution in [3.05, 3.63) is 58.0 Å². The minimum Gasteiger partial charge on any atom is -0.346 e. The predicted molar refractivity (Wildman–Crippen MR) is 117 cm³/mol. The maximum absolute atomic E-state index is 12.0. The Kier molecular flexibility index (Phi) is 7.13. The number of hydrogen-bond donors (Lipinski definition) is 3. The number of carbonyl (C=O) groups excluding carboxylic acids is 2. The standard InChI is InChI=1S/C18H16BrClN6O2S/c19-12-6-2-4-8-14(12)23-15(27)9-22-16(28)10-29-18-25-24-17(26(18)21)11-5-1-3-7-13(11)20/h1-8H,9-10,21H2,(H,22,28)(H,23,27). The van der Waals surface area contributed by atoms with Crippen LogP contribution in [0.1, 0.15) is 0 Å². The number of anilines is 1. The zero-order chi connectivity index (χ0) is 20.8. The van der Waals surface area contributed by atoms with E-state index in [-0.39, 0.29) is 24.1 Å². The number of carbonyl (C=O) groups is 2. The van der Waals surface area contributed by atoms with Gasteiger partial charge in [0.25, 0.3) is 0 Å². The molecule has 2 aromatic carbocycles. The Morgan fingerprint density at radius 3 is 2.59 bits per heavy atom. The number of thioether (sulfide) groups is 1. The number of hydrogen-bond acceptors (Lipinski definition) is 6. The van der Waals surface area contributed by atoms with E-state index in [1.165, 1.54) is 4.68 Å². The van der Waals surface area contributed by atoms with Gasteiger partial charge < -0.3 is 16.5 Å². The number of amides is 2. The molecule has 150 valence electrons. The maximum Gasteiger partial charge on any atom is 0.243 e. The molecule has 0 radical (unpaired) electrons. The van der Waals surface area contributed by atoms with Crippen molar-refractivity contribution in [1.29, 1.82) is 0 Å². The molecular weight excluding hydrogens is 480 g/mol. The van der Waals surface area contributed by atoms with Gasteiger partial charge in [0.15, 0.2) is 5.82 Å². The van der Waals surface area contributed by atoms with Crippen molar-refractivity contribution in [3.8, 4) is 11.4 Å². The molecule has 0 spiro atoms. The molecule has 0 atom stereocenters. The van der Waals surface area contributed by atoms with Crippen LogP contribution in [0.4, 0.5) is 5.69 Å². The quantitative estimate of drug-likeness (QED) is 0.343. The van der Waals surface area contributed by atoms with Crippen molar-refractivity contribution in [1.82, 2.24) is 20.2 Å². The number of rotatable bonds is 7. The van der Waals surface area contributed by atoms with E-state index in [1.807, 2.05) is 18.2 Å². The second kappa shape index (κ2) is 9.77. The topological polar surface area (TPSA) is 115 Å². The lowest BCUT2D eigenvalue weighted by molar-refractivity contribution is -0.122. The smallest absolute Gasteiger partial charge is 0.243 e. The maximum atomic E-state index is 12.0. The number of nitrogens with two attached hydrogens (primary N) is 1. The highest BCUT2D eigenvalue weighted by Gasteiger charge is 2.16. The van der Waals surface area contributed by atoms with Crippen LogP contribution in [0.2, 0.25) is 5.02 Å². The summed E-state index contributed by atoms with van der Waals surface area (Å²) in [4.78, 5) is 24.0. The summed E-state index contributed by atoms with van der Waals surface area (Å²) < 4.78 is 2.03. The summed E-state index contributed by atoms with van der Waals surface area (Å²) >= 11 is 10.6. The highest BCUT2D eigenvalue weighted by Crippen LogP contribution is 2.27. The number of halogens is 2. The molecule has 29 heavy (non-hydrogen) atoms. The summed E-state index contributed by atoms with van der Waals surface area (Å²) in [6.07, 6.45) is 0. The van der Waals surface area contributed by atoms with Gasteiger partial charge in [-0.1, -0.05) is 47.6 Å². The second-order valence-corrected chi connectivity index (χ2v) is 7.95. The van der Waals surface area contributed by atoms with Gasteiger partial charge in [0.1, 0.15) is 0 Å². The first-order chi connectivity index (χ1) is 14.0. The number of benzene rings is 2. The number of nitrogen functional groups attached to an aromatic ring is 1. The summed E-state index contributed by atoms with van der Waals surface area (Å²) in [5.41, 5.74) is 1.27. The van der Waals surface area contributed by atoms with Crippen LogP contribution in [-0.2, 0) is 9.59 Å². The van der Waals surface area contributed by atoms with Gasteiger partial charge in [0.05, 0.1) is 23.0 Å². The van der Waals surface area contributed by atoms with Crippen LogP contribution in [0.25, 0.3) is 11.4 Å². The summed E-state index contributed by atoms with van der Waals surface area (Å²) in [6.45, 7) is -0.152. The molecule has 4 N–H and O–H groups in total. The Hall–Kier alpha value is -2.56. The van der Waals surface area contributed by atoms with Crippen molar-refractivity contribution in [2.45, 2.75) is 5.16 Å². The Morgan fingerprint density at radius 1 is 1.10 bits per heavy atom. The van der Waals surface area contributed by atoms with Crippen LogP contribution in [0, 0.1) is 0 Å². The molecule has 0 bridgehead atoms. The monoisotopic (exact) mass is 494 g/mol. The van der Waals surface area contributed by atoms with Crippen LogP contribution >= 0.6 is 39.3 Å². The van der Waals surface area contributed by atoms with Crippen LogP contribution < -0.4 is 16.5 Å². The highest BCUT2D eigenvalue weighted by molar-refractivity contribution is 9.10. The SMILES string of the molecule is Nn1c(SCC(=O)NCC(=O)Nc2ccccc2Br)nnc1-c1ccccc1Cl. The van der Waals surface area contributed by atoms with E-state index in [0.717, 1.165) is 16.2 Å². The fraction of sp³-hybridized carbons (Fsp3) is 0.111. The normalized spacial score (nSPS) is 10.6. The molecule has 1 aromatic heterocycles. The van der Waals surface area contributed by atoms with Crippen molar-refractivity contribution < 1.29 is 9.59 Å². The third-order valence-corrected chi connectivity index (χ3v) is 5.67. The Balaban J connectivity index is 1.50. The Bertz CT molecular complexity index is 1040. The van der Waals surface area contributed by atoms with Gasteiger partial charge in [-0.25, -0.2) is 4.68 Å². The summed E-state index contributed by atoms with van der Waals surface area (Å²) in [5.74, 6) is 5.78. The third-order valence-electron chi connectivity index (χ3n) is 3.71. The van der Waals surface area contributed by atoms with Crippen LogP contribution in [0.15, 0.2) is 58.2 Å². The van der Waals surface area contributed by atoms with Gasteiger partial charge >= 0.3 is 0 Å². The van der Waals surface area contributed by atoms with Crippen molar-refractivity contribution in [2.24, 2.45) is 0 Å². The average molecular weight is 496 g/mol. The molecule has 11 heteroatoms. The van der Waals surface area contributed by atoms with Gasteiger partial charge in [-0.05, 0) is 40.2 Å². The molecule has 0 saturated heterocycles. The zero-order valence-electron chi connectivity index (χ0n) is 14.9. The summed E-state index contributed by atoms with van der Waals surface area (Å²) in [6, 6.07) is 14.3. The summed E-state index contributed by atoms with van der Waals surface area (Å²) in [7, 11) is 0. The molecule has 0 aliphatic carbocycles. The van der Waals surface area contributed by atoms with Crippen LogP contribution in [0.3, 0.4) is 0 Å². The van der Waals surface area contributed by atoms with E-state index in [0.29, 0.717) is 27.3 Å². The average Bonchev–Trinajstić information content (AvgIpc) is 3.07. The lowest BCUT2D eigenvalue weighted by Crippen LogP contribution is -2.34.